The van der Waals surface area contributed by atoms with Crippen LogP contribution in [0.5, 0.6) is 11.5 Å². The zero-order chi connectivity index (χ0) is 38.0. The standard InChI is InChI=1S/C16H21NO.C14H14F3N.C14H17NO/c1-5-12(4)14-8-13-9-15(18-11(2)3)6-7-16(13)17-10-14;1-3-9(2)11-7-10-5-4-6-12(14(15,16)17)13(10)18-8-11;1-4-16-13-5-6-14-11(8-13)7-12(9-15-14)10(2)3/h6-12H,5H2,1-4H3;4-9H,3H2,1-2H3;5-10H,4H2,1-3H3. The number of hydrogen-bond acceptors (Lipinski definition) is 5. The predicted octanol–water partition coefficient (Wildman–Crippen LogP) is 13.1. The van der Waals surface area contributed by atoms with Crippen molar-refractivity contribution in [2.45, 2.75) is 105 Å². The van der Waals surface area contributed by atoms with Gasteiger partial charge in [-0.25, -0.2) is 0 Å². The molecule has 0 spiro atoms. The molecule has 2 unspecified atom stereocenters. The summed E-state index contributed by atoms with van der Waals surface area (Å²) < 4.78 is 49.6. The van der Waals surface area contributed by atoms with Gasteiger partial charge in [-0.15, -0.1) is 0 Å². The largest absolute Gasteiger partial charge is 0.494 e. The fourth-order valence-corrected chi connectivity index (χ4v) is 5.59. The molecule has 0 N–H and O–H groups in total. The predicted molar refractivity (Wildman–Crippen MR) is 209 cm³/mol. The molecule has 3 heterocycles. The number of fused-ring (bicyclic) bond motifs is 3. The van der Waals surface area contributed by atoms with Crippen LogP contribution in [0.25, 0.3) is 32.7 Å². The number of aromatic nitrogens is 3. The fourth-order valence-electron chi connectivity index (χ4n) is 5.59. The highest BCUT2D eigenvalue weighted by Gasteiger charge is 2.33. The van der Waals surface area contributed by atoms with E-state index in [1.165, 1.54) is 17.2 Å². The first-order valence-corrected chi connectivity index (χ1v) is 18.3. The van der Waals surface area contributed by atoms with Gasteiger partial charge in [-0.1, -0.05) is 53.7 Å². The molecule has 6 rings (SSSR count). The summed E-state index contributed by atoms with van der Waals surface area (Å²) in [5, 5.41) is 2.85. The molecular formula is C44H52F3N3O2. The van der Waals surface area contributed by atoms with E-state index in [0.717, 1.165) is 57.8 Å². The van der Waals surface area contributed by atoms with E-state index >= 15 is 0 Å². The number of ether oxygens (including phenoxy) is 2. The molecular weight excluding hydrogens is 659 g/mol. The van der Waals surface area contributed by atoms with Gasteiger partial charge >= 0.3 is 6.18 Å². The van der Waals surface area contributed by atoms with Crippen LogP contribution in [0.1, 0.15) is 115 Å². The Hall–Kier alpha value is -4.72. The number of nitrogens with zero attached hydrogens (tertiary/aromatic N) is 3. The molecule has 2 atom stereocenters. The van der Waals surface area contributed by atoms with Crippen LogP contribution in [0.2, 0.25) is 0 Å². The lowest BCUT2D eigenvalue weighted by molar-refractivity contribution is -0.136. The second-order valence-electron chi connectivity index (χ2n) is 13.8. The lowest BCUT2D eigenvalue weighted by Gasteiger charge is -2.12. The van der Waals surface area contributed by atoms with Gasteiger partial charge in [0.2, 0.25) is 0 Å². The van der Waals surface area contributed by atoms with E-state index in [-0.39, 0.29) is 11.6 Å². The van der Waals surface area contributed by atoms with E-state index in [1.807, 2.05) is 71.3 Å². The molecule has 3 aromatic heterocycles. The highest BCUT2D eigenvalue weighted by atomic mass is 19.4. The number of hydrogen-bond donors (Lipinski definition) is 0. The van der Waals surface area contributed by atoms with Crippen LogP contribution < -0.4 is 9.47 Å². The minimum atomic E-state index is -4.36. The number of halogens is 3. The van der Waals surface area contributed by atoms with Crippen LogP contribution in [-0.4, -0.2) is 27.7 Å². The summed E-state index contributed by atoms with van der Waals surface area (Å²) in [6.45, 7) is 19.6. The van der Waals surface area contributed by atoms with E-state index in [4.69, 9.17) is 9.47 Å². The number of alkyl halides is 3. The molecule has 0 aliphatic heterocycles. The molecule has 0 fully saturated rings. The molecule has 5 nitrogen and oxygen atoms in total. The molecule has 0 aliphatic carbocycles. The van der Waals surface area contributed by atoms with Gasteiger partial charge in [0.1, 0.15) is 11.5 Å². The Balaban J connectivity index is 0.000000175. The van der Waals surface area contributed by atoms with Gasteiger partial charge in [0.05, 0.1) is 34.8 Å². The Morgan fingerprint density at radius 2 is 1.12 bits per heavy atom. The van der Waals surface area contributed by atoms with Crippen molar-refractivity contribution < 1.29 is 22.6 Å². The van der Waals surface area contributed by atoms with Gasteiger partial charge < -0.3 is 9.47 Å². The maximum atomic E-state index is 12.8. The first kappa shape index (κ1) is 40.1. The summed E-state index contributed by atoms with van der Waals surface area (Å²) in [6.07, 6.45) is 3.40. The topological polar surface area (TPSA) is 57.1 Å². The van der Waals surface area contributed by atoms with Gasteiger partial charge in [0, 0.05) is 34.7 Å². The average Bonchev–Trinajstić information content (AvgIpc) is 3.13. The zero-order valence-electron chi connectivity index (χ0n) is 31.9. The third kappa shape index (κ3) is 10.7. The van der Waals surface area contributed by atoms with E-state index in [0.29, 0.717) is 29.7 Å². The Bertz CT molecular complexity index is 2060. The monoisotopic (exact) mass is 711 g/mol. The zero-order valence-corrected chi connectivity index (χ0v) is 31.9. The van der Waals surface area contributed by atoms with Crippen LogP contribution in [-0.2, 0) is 6.18 Å². The second kappa shape index (κ2) is 18.2. The summed E-state index contributed by atoms with van der Waals surface area (Å²) in [7, 11) is 0. The molecule has 0 saturated carbocycles. The summed E-state index contributed by atoms with van der Waals surface area (Å²) in [5.41, 5.74) is 4.94. The Labute approximate surface area is 306 Å². The van der Waals surface area contributed by atoms with Crippen molar-refractivity contribution >= 4 is 32.7 Å². The molecule has 52 heavy (non-hydrogen) atoms. The fraction of sp³-hybridized carbons (Fsp3) is 0.386. The van der Waals surface area contributed by atoms with Crippen LogP contribution in [0.15, 0.2) is 91.4 Å². The Kier molecular flexibility index (Phi) is 14.0. The number of para-hydroxylation sites is 1. The van der Waals surface area contributed by atoms with E-state index < -0.39 is 11.7 Å². The van der Waals surface area contributed by atoms with Crippen LogP contribution in [0, 0.1) is 0 Å². The molecule has 0 amide bonds. The van der Waals surface area contributed by atoms with E-state index in [1.54, 1.807) is 18.3 Å². The van der Waals surface area contributed by atoms with Crippen LogP contribution in [0.3, 0.4) is 0 Å². The summed E-state index contributed by atoms with van der Waals surface area (Å²) in [5.74, 6) is 3.19. The molecule has 0 aliphatic rings. The van der Waals surface area contributed by atoms with Crippen molar-refractivity contribution in [3.8, 4) is 11.5 Å². The molecule has 276 valence electrons. The maximum Gasteiger partial charge on any atom is 0.418 e. The highest BCUT2D eigenvalue weighted by molar-refractivity contribution is 5.83. The van der Waals surface area contributed by atoms with Gasteiger partial charge in [-0.05, 0) is 129 Å². The number of benzene rings is 3. The lowest BCUT2D eigenvalue weighted by Crippen LogP contribution is -2.06. The average molecular weight is 712 g/mol. The SMILES string of the molecule is CCC(C)c1cnc2c(C(F)(F)F)cccc2c1.CCC(C)c1cnc2ccc(OC(C)C)cc2c1.CCOc1ccc2ncc(C(C)C)cc2c1. The van der Waals surface area contributed by atoms with Gasteiger partial charge in [-0.3, -0.25) is 15.0 Å². The number of rotatable bonds is 9. The van der Waals surface area contributed by atoms with Crippen LogP contribution >= 0.6 is 0 Å². The third-order valence-electron chi connectivity index (χ3n) is 9.10. The van der Waals surface area contributed by atoms with Crippen molar-refractivity contribution in [3.05, 3.63) is 114 Å². The molecule has 6 aromatic rings. The van der Waals surface area contributed by atoms with Gasteiger partial charge in [0.25, 0.3) is 0 Å². The van der Waals surface area contributed by atoms with Crippen LogP contribution in [0.4, 0.5) is 13.2 Å². The Morgan fingerprint density at radius 3 is 1.65 bits per heavy atom. The van der Waals surface area contributed by atoms with Crippen molar-refractivity contribution in [2.24, 2.45) is 0 Å². The molecule has 0 radical (unpaired) electrons. The second-order valence-corrected chi connectivity index (χ2v) is 13.8. The van der Waals surface area contributed by atoms with E-state index in [9.17, 15) is 13.2 Å². The van der Waals surface area contributed by atoms with Gasteiger partial charge in [-0.2, -0.15) is 13.2 Å². The smallest absolute Gasteiger partial charge is 0.418 e. The minimum absolute atomic E-state index is 0.0250. The van der Waals surface area contributed by atoms with Gasteiger partial charge in [0.15, 0.2) is 0 Å². The first-order chi connectivity index (χ1) is 24.7. The molecule has 8 heteroatoms. The Morgan fingerprint density at radius 1 is 0.596 bits per heavy atom. The van der Waals surface area contributed by atoms with Crippen molar-refractivity contribution in [1.29, 1.82) is 0 Å². The first-order valence-electron chi connectivity index (χ1n) is 18.3. The normalized spacial score (nSPS) is 12.7. The highest BCUT2D eigenvalue weighted by Crippen LogP contribution is 2.34. The van der Waals surface area contributed by atoms with Crippen molar-refractivity contribution in [1.82, 2.24) is 15.0 Å². The summed E-state index contributed by atoms with van der Waals surface area (Å²) in [4.78, 5) is 13.0. The minimum Gasteiger partial charge on any atom is -0.494 e. The quantitative estimate of drug-likeness (QED) is 0.149. The summed E-state index contributed by atoms with van der Waals surface area (Å²) >= 11 is 0. The summed E-state index contributed by atoms with van der Waals surface area (Å²) in [6, 6.07) is 22.5. The lowest BCUT2D eigenvalue weighted by atomic mass is 9.98. The molecule has 0 saturated heterocycles. The van der Waals surface area contributed by atoms with E-state index in [2.05, 4.69) is 66.9 Å². The van der Waals surface area contributed by atoms with Crippen molar-refractivity contribution in [3.63, 3.8) is 0 Å². The number of pyridine rings is 3. The van der Waals surface area contributed by atoms with Crippen molar-refractivity contribution in [2.75, 3.05) is 6.61 Å². The molecule has 0 bridgehead atoms. The maximum absolute atomic E-state index is 12.8. The third-order valence-corrected chi connectivity index (χ3v) is 9.10. The molecule has 3 aromatic carbocycles.